The highest BCUT2D eigenvalue weighted by atomic mass is 32.1. The van der Waals surface area contributed by atoms with E-state index in [0.29, 0.717) is 13.1 Å². The van der Waals surface area contributed by atoms with Crippen LogP contribution < -0.4 is 0 Å². The van der Waals surface area contributed by atoms with Gasteiger partial charge in [0.15, 0.2) is 0 Å². The van der Waals surface area contributed by atoms with Crippen molar-refractivity contribution in [2.75, 3.05) is 33.3 Å². The third-order valence-electron chi connectivity index (χ3n) is 2.98. The molecule has 1 aromatic rings. The zero-order valence-corrected chi connectivity index (χ0v) is 13.2. The topological polar surface area (TPSA) is 43.8 Å². The molecule has 1 rings (SSSR count). The Hall–Kier alpha value is -1.35. The van der Waals surface area contributed by atoms with Crippen molar-refractivity contribution >= 4 is 17.2 Å². The maximum Gasteiger partial charge on any atom is 0.236 e. The standard InChI is InChI=1S/C15H22N2O2S/c1-4-17(5-2)15(19)12-16(3)11-14-13(7-6-9-18)8-10-20-14/h8,10,18H,4-5,9,11-12H2,1-3H3. The van der Waals surface area contributed by atoms with Gasteiger partial charge in [-0.25, -0.2) is 0 Å². The van der Waals surface area contributed by atoms with Crippen LogP contribution in [0.15, 0.2) is 11.4 Å². The summed E-state index contributed by atoms with van der Waals surface area (Å²) in [6.45, 7) is 6.44. The molecule has 0 spiro atoms. The summed E-state index contributed by atoms with van der Waals surface area (Å²) in [4.78, 5) is 17.0. The van der Waals surface area contributed by atoms with Crippen LogP contribution in [0.3, 0.4) is 0 Å². The van der Waals surface area contributed by atoms with Crippen LogP contribution in [0, 0.1) is 11.8 Å². The van der Waals surface area contributed by atoms with Gasteiger partial charge in [-0.3, -0.25) is 9.69 Å². The summed E-state index contributed by atoms with van der Waals surface area (Å²) in [6.07, 6.45) is 0. The van der Waals surface area contributed by atoms with Crippen molar-refractivity contribution in [3.8, 4) is 11.8 Å². The van der Waals surface area contributed by atoms with Crippen molar-refractivity contribution < 1.29 is 9.90 Å². The summed E-state index contributed by atoms with van der Waals surface area (Å²) in [5, 5.41) is 10.7. The molecule has 5 heteroatoms. The lowest BCUT2D eigenvalue weighted by Gasteiger charge is -2.22. The minimum absolute atomic E-state index is 0.133. The molecule has 0 aliphatic heterocycles. The molecule has 0 aromatic carbocycles. The number of carbonyl (C=O) groups excluding carboxylic acids is 1. The fraction of sp³-hybridized carbons (Fsp3) is 0.533. The fourth-order valence-electron chi connectivity index (χ4n) is 1.92. The maximum absolute atomic E-state index is 12.0. The van der Waals surface area contributed by atoms with E-state index in [9.17, 15) is 4.79 Å². The number of aliphatic hydroxyl groups is 1. The van der Waals surface area contributed by atoms with Gasteiger partial charge >= 0.3 is 0 Å². The summed E-state index contributed by atoms with van der Waals surface area (Å²) < 4.78 is 0. The number of hydrogen-bond donors (Lipinski definition) is 1. The summed E-state index contributed by atoms with van der Waals surface area (Å²) in [5.41, 5.74) is 0.936. The highest BCUT2D eigenvalue weighted by Crippen LogP contribution is 2.17. The van der Waals surface area contributed by atoms with Crippen LogP contribution in [0.5, 0.6) is 0 Å². The molecule has 0 aliphatic rings. The predicted molar refractivity (Wildman–Crippen MR) is 82.5 cm³/mol. The van der Waals surface area contributed by atoms with Gasteiger partial charge in [-0.2, -0.15) is 0 Å². The van der Waals surface area contributed by atoms with E-state index in [4.69, 9.17) is 5.11 Å². The molecule has 0 atom stereocenters. The molecule has 20 heavy (non-hydrogen) atoms. The van der Waals surface area contributed by atoms with Crippen molar-refractivity contribution in [1.29, 1.82) is 0 Å². The Morgan fingerprint density at radius 1 is 1.40 bits per heavy atom. The molecule has 1 heterocycles. The van der Waals surface area contributed by atoms with Crippen molar-refractivity contribution in [2.45, 2.75) is 20.4 Å². The quantitative estimate of drug-likeness (QED) is 0.807. The molecule has 0 fully saturated rings. The second-order valence-corrected chi connectivity index (χ2v) is 5.46. The minimum atomic E-state index is -0.133. The molecular weight excluding hydrogens is 272 g/mol. The van der Waals surface area contributed by atoms with Crippen LogP contribution in [0.2, 0.25) is 0 Å². The molecule has 1 N–H and O–H groups in total. The molecule has 0 saturated carbocycles. The van der Waals surface area contributed by atoms with Gasteiger partial charge in [0.25, 0.3) is 0 Å². The molecule has 0 bridgehead atoms. The first-order valence-corrected chi connectivity index (χ1v) is 7.62. The number of hydrogen-bond acceptors (Lipinski definition) is 4. The summed E-state index contributed by atoms with van der Waals surface area (Å²) >= 11 is 1.62. The predicted octanol–water partition coefficient (Wildman–Crippen LogP) is 1.39. The lowest BCUT2D eigenvalue weighted by atomic mass is 10.2. The van der Waals surface area contributed by atoms with Crippen molar-refractivity contribution in [3.63, 3.8) is 0 Å². The van der Waals surface area contributed by atoms with Gasteiger partial charge in [-0.15, -0.1) is 11.3 Å². The Morgan fingerprint density at radius 3 is 2.70 bits per heavy atom. The van der Waals surface area contributed by atoms with Crippen LogP contribution in [0.4, 0.5) is 0 Å². The number of nitrogens with zero attached hydrogens (tertiary/aromatic N) is 2. The minimum Gasteiger partial charge on any atom is -0.384 e. The van der Waals surface area contributed by atoms with Gasteiger partial charge in [0.05, 0.1) is 6.54 Å². The highest BCUT2D eigenvalue weighted by molar-refractivity contribution is 7.10. The number of aliphatic hydroxyl groups excluding tert-OH is 1. The fourth-order valence-corrected chi connectivity index (χ4v) is 2.83. The van der Waals surface area contributed by atoms with E-state index in [1.165, 1.54) is 0 Å². The van der Waals surface area contributed by atoms with E-state index in [2.05, 4.69) is 11.8 Å². The van der Waals surface area contributed by atoms with Crippen LogP contribution in [0.1, 0.15) is 24.3 Å². The van der Waals surface area contributed by atoms with Gasteiger partial charge in [-0.1, -0.05) is 11.8 Å². The SMILES string of the molecule is CCN(CC)C(=O)CN(C)Cc1sccc1C#CCO. The highest BCUT2D eigenvalue weighted by Gasteiger charge is 2.13. The molecule has 0 radical (unpaired) electrons. The van der Waals surface area contributed by atoms with Crippen molar-refractivity contribution in [2.24, 2.45) is 0 Å². The average Bonchev–Trinajstić information content (AvgIpc) is 2.84. The zero-order chi connectivity index (χ0) is 15.0. The second-order valence-electron chi connectivity index (χ2n) is 4.46. The molecule has 0 aliphatic carbocycles. The number of thiophene rings is 1. The third kappa shape index (κ3) is 4.97. The molecule has 110 valence electrons. The Bertz CT molecular complexity index is 484. The van der Waals surface area contributed by atoms with E-state index in [0.717, 1.165) is 23.5 Å². The second kappa shape index (κ2) is 8.75. The maximum atomic E-state index is 12.0. The Labute approximate surface area is 125 Å². The largest absolute Gasteiger partial charge is 0.384 e. The number of likely N-dealkylation sites (N-methyl/N-ethyl adjacent to an activating group) is 2. The van der Waals surface area contributed by atoms with E-state index in [-0.39, 0.29) is 12.5 Å². The lowest BCUT2D eigenvalue weighted by molar-refractivity contribution is -0.131. The molecular formula is C15H22N2O2S. The Kier molecular flexibility index (Phi) is 7.31. The number of amides is 1. The van der Waals surface area contributed by atoms with E-state index in [1.807, 2.05) is 42.1 Å². The molecule has 0 unspecified atom stereocenters. The van der Waals surface area contributed by atoms with E-state index >= 15 is 0 Å². The zero-order valence-electron chi connectivity index (χ0n) is 12.3. The van der Waals surface area contributed by atoms with Crippen LogP contribution in [-0.4, -0.2) is 54.1 Å². The normalized spacial score (nSPS) is 10.2. The first-order valence-electron chi connectivity index (χ1n) is 6.74. The average molecular weight is 294 g/mol. The summed E-state index contributed by atoms with van der Waals surface area (Å²) in [5.74, 6) is 5.75. The van der Waals surface area contributed by atoms with Gasteiger partial charge in [0.2, 0.25) is 5.91 Å². The van der Waals surface area contributed by atoms with Gasteiger partial charge in [0.1, 0.15) is 6.61 Å². The van der Waals surface area contributed by atoms with E-state index in [1.54, 1.807) is 11.3 Å². The van der Waals surface area contributed by atoms with Crippen LogP contribution >= 0.6 is 11.3 Å². The van der Waals surface area contributed by atoms with Gasteiger partial charge in [-0.05, 0) is 32.3 Å². The van der Waals surface area contributed by atoms with Gasteiger partial charge in [0, 0.05) is 30.1 Å². The monoisotopic (exact) mass is 294 g/mol. The van der Waals surface area contributed by atoms with Crippen molar-refractivity contribution in [1.82, 2.24) is 9.80 Å². The summed E-state index contributed by atoms with van der Waals surface area (Å²) in [7, 11) is 1.93. The van der Waals surface area contributed by atoms with Gasteiger partial charge < -0.3 is 10.0 Å². The van der Waals surface area contributed by atoms with Crippen LogP contribution in [-0.2, 0) is 11.3 Å². The molecule has 4 nitrogen and oxygen atoms in total. The lowest BCUT2D eigenvalue weighted by Crippen LogP contribution is -2.38. The first kappa shape index (κ1) is 16.7. The Balaban J connectivity index is 2.60. The molecule has 1 aromatic heterocycles. The first-order chi connectivity index (χ1) is 9.62. The molecule has 0 saturated heterocycles. The number of rotatable bonds is 6. The smallest absolute Gasteiger partial charge is 0.236 e. The molecule has 1 amide bonds. The summed E-state index contributed by atoms with van der Waals surface area (Å²) in [6, 6.07) is 1.95. The van der Waals surface area contributed by atoms with E-state index < -0.39 is 0 Å². The third-order valence-corrected chi connectivity index (χ3v) is 3.89. The van der Waals surface area contributed by atoms with Crippen molar-refractivity contribution in [3.05, 3.63) is 21.9 Å². The number of carbonyl (C=O) groups is 1. The Morgan fingerprint density at radius 2 is 2.10 bits per heavy atom. The van der Waals surface area contributed by atoms with Crippen LogP contribution in [0.25, 0.3) is 0 Å².